The summed E-state index contributed by atoms with van der Waals surface area (Å²) in [6, 6.07) is 8.07. The molecular formula is C26H22FN9O2. The molecule has 2 fully saturated rings. The fourth-order valence-electron chi connectivity index (χ4n) is 4.32. The summed E-state index contributed by atoms with van der Waals surface area (Å²) in [4.78, 5) is 36.8. The second-order valence-electron chi connectivity index (χ2n) is 9.23. The van der Waals surface area contributed by atoms with Gasteiger partial charge in [-0.3, -0.25) is 9.78 Å². The van der Waals surface area contributed by atoms with Crippen molar-refractivity contribution in [3.63, 3.8) is 0 Å². The lowest BCUT2D eigenvalue weighted by Crippen LogP contribution is -2.37. The number of fused-ring (bicyclic) bond motifs is 1. The number of nitriles is 1. The number of pyridine rings is 1. The molecule has 1 aromatic carbocycles. The van der Waals surface area contributed by atoms with Crippen LogP contribution in [0.1, 0.15) is 12.8 Å². The molecule has 1 aliphatic carbocycles. The molecule has 1 saturated carbocycles. The zero-order valence-electron chi connectivity index (χ0n) is 20.2. The first-order chi connectivity index (χ1) is 18.5. The fourth-order valence-corrected chi connectivity index (χ4v) is 4.32. The van der Waals surface area contributed by atoms with Gasteiger partial charge in [-0.1, -0.05) is 0 Å². The topological polar surface area (TPSA) is 156 Å². The molecule has 190 valence electrons. The molecule has 1 saturated heterocycles. The number of nitrogens with zero attached hydrogens (tertiary/aromatic N) is 7. The SMILES string of the molecule is N#CC1(C(=O)Nc2ccc(F)c(-c3cnc4c(N5CCOCC5)nc(-c5cnc(N)nc5)nc4c3)c2)CC1. The van der Waals surface area contributed by atoms with Crippen LogP contribution >= 0.6 is 0 Å². The van der Waals surface area contributed by atoms with Crippen molar-refractivity contribution in [1.82, 2.24) is 24.9 Å². The van der Waals surface area contributed by atoms with Gasteiger partial charge in [0.15, 0.2) is 11.6 Å². The molecule has 12 heteroatoms. The Morgan fingerprint density at radius 1 is 1.08 bits per heavy atom. The highest BCUT2D eigenvalue weighted by Crippen LogP contribution is 2.46. The first kappa shape index (κ1) is 23.6. The highest BCUT2D eigenvalue weighted by molar-refractivity contribution is 5.99. The summed E-state index contributed by atoms with van der Waals surface area (Å²) in [7, 11) is 0. The van der Waals surface area contributed by atoms with Crippen LogP contribution in [0.25, 0.3) is 33.5 Å². The minimum atomic E-state index is -0.992. The standard InChI is InChI=1S/C26H22FN9O2/c27-19-2-1-17(33-24(37)26(14-28)3-4-26)10-18(19)15-9-20-21(30-11-15)23(36-5-7-38-8-6-36)35-22(34-20)16-12-31-25(29)32-13-16/h1-2,9-13H,3-8H2,(H,33,37)(H2,29,31,32). The van der Waals surface area contributed by atoms with Gasteiger partial charge in [0, 0.05) is 48.5 Å². The molecule has 11 nitrogen and oxygen atoms in total. The van der Waals surface area contributed by atoms with Crippen molar-refractivity contribution in [2.24, 2.45) is 5.41 Å². The first-order valence-corrected chi connectivity index (χ1v) is 12.1. The minimum absolute atomic E-state index is 0.136. The molecule has 0 spiro atoms. The lowest BCUT2D eigenvalue weighted by Gasteiger charge is -2.28. The van der Waals surface area contributed by atoms with Gasteiger partial charge in [0.2, 0.25) is 11.9 Å². The van der Waals surface area contributed by atoms with Crippen LogP contribution in [0, 0.1) is 22.6 Å². The van der Waals surface area contributed by atoms with Crippen LogP contribution in [0.4, 0.5) is 21.8 Å². The van der Waals surface area contributed by atoms with Gasteiger partial charge < -0.3 is 20.7 Å². The van der Waals surface area contributed by atoms with Crippen LogP contribution in [0.5, 0.6) is 0 Å². The zero-order chi connectivity index (χ0) is 26.3. The first-order valence-electron chi connectivity index (χ1n) is 12.1. The van der Waals surface area contributed by atoms with E-state index in [0.717, 1.165) is 0 Å². The van der Waals surface area contributed by atoms with Gasteiger partial charge in [-0.15, -0.1) is 0 Å². The maximum Gasteiger partial charge on any atom is 0.244 e. The molecule has 2 aliphatic rings. The molecule has 4 aromatic rings. The van der Waals surface area contributed by atoms with E-state index in [1.807, 2.05) is 0 Å². The summed E-state index contributed by atoms with van der Waals surface area (Å²) < 4.78 is 20.5. The van der Waals surface area contributed by atoms with E-state index < -0.39 is 11.2 Å². The van der Waals surface area contributed by atoms with E-state index in [4.69, 9.17) is 15.5 Å². The van der Waals surface area contributed by atoms with Gasteiger partial charge in [0.25, 0.3) is 0 Å². The van der Waals surface area contributed by atoms with E-state index in [2.05, 4.69) is 36.2 Å². The number of benzene rings is 1. The summed E-state index contributed by atoms with van der Waals surface area (Å²) in [6.45, 7) is 2.38. The van der Waals surface area contributed by atoms with Crippen molar-refractivity contribution in [1.29, 1.82) is 5.26 Å². The molecular weight excluding hydrogens is 489 g/mol. The number of halogens is 1. The van der Waals surface area contributed by atoms with E-state index in [1.54, 1.807) is 24.7 Å². The third-order valence-corrected chi connectivity index (χ3v) is 6.69. The van der Waals surface area contributed by atoms with Crippen LogP contribution in [0.2, 0.25) is 0 Å². The Morgan fingerprint density at radius 3 is 2.53 bits per heavy atom. The highest BCUT2D eigenvalue weighted by Gasteiger charge is 2.50. The number of hydrogen-bond acceptors (Lipinski definition) is 10. The van der Waals surface area contributed by atoms with Crippen molar-refractivity contribution in [2.45, 2.75) is 12.8 Å². The molecule has 3 N–H and O–H groups in total. The number of anilines is 3. The number of nitrogen functional groups attached to an aromatic ring is 1. The predicted octanol–water partition coefficient (Wildman–Crippen LogP) is 2.95. The van der Waals surface area contributed by atoms with Gasteiger partial charge in [0.05, 0.1) is 30.4 Å². The third kappa shape index (κ3) is 4.33. The van der Waals surface area contributed by atoms with Crippen LogP contribution < -0.4 is 16.0 Å². The Kier molecular flexibility index (Phi) is 5.77. The normalized spacial score (nSPS) is 16.2. The number of rotatable bonds is 5. The number of ether oxygens (including phenoxy) is 1. The van der Waals surface area contributed by atoms with E-state index in [9.17, 15) is 14.4 Å². The van der Waals surface area contributed by atoms with Gasteiger partial charge in [0.1, 0.15) is 16.7 Å². The van der Waals surface area contributed by atoms with Gasteiger partial charge in [-0.05, 0) is 37.1 Å². The highest BCUT2D eigenvalue weighted by atomic mass is 19.1. The lowest BCUT2D eigenvalue weighted by atomic mass is 10.0. The smallest absolute Gasteiger partial charge is 0.244 e. The average Bonchev–Trinajstić information content (AvgIpc) is 3.76. The third-order valence-electron chi connectivity index (χ3n) is 6.69. The number of hydrogen-bond donors (Lipinski definition) is 2. The maximum atomic E-state index is 15.0. The monoisotopic (exact) mass is 511 g/mol. The Morgan fingerprint density at radius 2 is 1.82 bits per heavy atom. The summed E-state index contributed by atoms with van der Waals surface area (Å²) in [5.74, 6) is 0.277. The van der Waals surface area contributed by atoms with Crippen molar-refractivity contribution >= 4 is 34.4 Å². The predicted molar refractivity (Wildman–Crippen MR) is 137 cm³/mol. The number of aromatic nitrogens is 5. The fraction of sp³-hybridized carbons (Fsp3) is 0.269. The summed E-state index contributed by atoms with van der Waals surface area (Å²) in [5.41, 5.74) is 7.39. The molecule has 38 heavy (non-hydrogen) atoms. The van der Waals surface area contributed by atoms with Crippen molar-refractivity contribution < 1.29 is 13.9 Å². The summed E-state index contributed by atoms with van der Waals surface area (Å²) in [5, 5.41) is 12.0. The Balaban J connectivity index is 1.43. The van der Waals surface area contributed by atoms with Crippen LogP contribution in [-0.4, -0.2) is 57.1 Å². The molecule has 1 aliphatic heterocycles. The van der Waals surface area contributed by atoms with E-state index in [0.29, 0.717) is 78.6 Å². The van der Waals surface area contributed by atoms with Gasteiger partial charge in [-0.25, -0.2) is 24.3 Å². The van der Waals surface area contributed by atoms with E-state index >= 15 is 0 Å². The quantitative estimate of drug-likeness (QED) is 0.408. The summed E-state index contributed by atoms with van der Waals surface area (Å²) in [6.07, 6.45) is 5.69. The number of amides is 1. The molecule has 6 rings (SSSR count). The molecule has 0 atom stereocenters. The van der Waals surface area contributed by atoms with E-state index in [1.165, 1.54) is 18.2 Å². The maximum absolute atomic E-state index is 15.0. The second kappa shape index (κ2) is 9.28. The average molecular weight is 512 g/mol. The lowest BCUT2D eigenvalue weighted by molar-refractivity contribution is -0.119. The number of morpholine rings is 1. The summed E-state index contributed by atoms with van der Waals surface area (Å²) >= 11 is 0. The second-order valence-corrected chi connectivity index (χ2v) is 9.23. The molecule has 4 heterocycles. The molecule has 0 bridgehead atoms. The van der Waals surface area contributed by atoms with Crippen molar-refractivity contribution in [2.75, 3.05) is 42.3 Å². The Hall–Kier alpha value is -4.76. The van der Waals surface area contributed by atoms with Gasteiger partial charge >= 0.3 is 0 Å². The Labute approximate surface area is 216 Å². The van der Waals surface area contributed by atoms with Crippen molar-refractivity contribution in [3.05, 3.63) is 48.7 Å². The molecule has 3 aromatic heterocycles. The Bertz CT molecular complexity index is 1590. The van der Waals surface area contributed by atoms with Gasteiger partial charge in [-0.2, -0.15) is 5.26 Å². The van der Waals surface area contributed by atoms with Crippen molar-refractivity contribution in [3.8, 4) is 28.6 Å². The zero-order valence-corrected chi connectivity index (χ0v) is 20.2. The minimum Gasteiger partial charge on any atom is -0.378 e. The van der Waals surface area contributed by atoms with Crippen LogP contribution in [0.3, 0.4) is 0 Å². The van der Waals surface area contributed by atoms with Crippen LogP contribution in [-0.2, 0) is 9.53 Å². The van der Waals surface area contributed by atoms with Crippen LogP contribution in [0.15, 0.2) is 42.9 Å². The molecule has 0 unspecified atom stereocenters. The number of carbonyl (C=O) groups excluding carboxylic acids is 1. The largest absolute Gasteiger partial charge is 0.378 e. The number of carbonyl (C=O) groups is 1. The molecule has 0 radical (unpaired) electrons. The number of nitrogens with one attached hydrogen (secondary N) is 1. The number of nitrogens with two attached hydrogens (primary N) is 1. The van der Waals surface area contributed by atoms with E-state index in [-0.39, 0.29) is 17.4 Å². The molecule has 1 amide bonds.